The molecule has 1 aromatic rings. The second kappa shape index (κ2) is 5.25. The van der Waals surface area contributed by atoms with Crippen molar-refractivity contribution in [2.75, 3.05) is 7.11 Å². The zero-order chi connectivity index (χ0) is 12.1. The van der Waals surface area contributed by atoms with E-state index in [0.29, 0.717) is 12.0 Å². The molecule has 0 amide bonds. The van der Waals surface area contributed by atoms with Gasteiger partial charge in [-0.05, 0) is 19.4 Å². The molecule has 86 valence electrons. The molecular formula is C11H13NO4. The zero-order valence-electron chi connectivity index (χ0n) is 9.23. The minimum Gasteiger partial charge on any atom is -0.469 e. The maximum absolute atomic E-state index is 11.0. The minimum atomic E-state index is -0.438. The number of rotatable bonds is 4. The van der Waals surface area contributed by atoms with Crippen molar-refractivity contribution in [1.29, 1.82) is 0 Å². The molecule has 0 fully saturated rings. The van der Waals surface area contributed by atoms with Gasteiger partial charge in [0.15, 0.2) is 0 Å². The van der Waals surface area contributed by atoms with Crippen LogP contribution < -0.4 is 0 Å². The van der Waals surface area contributed by atoms with Gasteiger partial charge >= 0.3 is 5.97 Å². The van der Waals surface area contributed by atoms with Crippen molar-refractivity contribution in [2.24, 2.45) is 0 Å². The molecule has 0 aliphatic rings. The molecule has 0 aromatic heterocycles. The first-order chi connectivity index (χ1) is 7.54. The van der Waals surface area contributed by atoms with Crippen LogP contribution >= 0.6 is 0 Å². The molecule has 0 spiro atoms. The zero-order valence-corrected chi connectivity index (χ0v) is 9.23. The van der Waals surface area contributed by atoms with E-state index >= 15 is 0 Å². The molecule has 0 atom stereocenters. The Balaban J connectivity index is 2.88. The fourth-order valence-electron chi connectivity index (χ4n) is 1.43. The summed E-state index contributed by atoms with van der Waals surface area (Å²) in [6, 6.07) is 4.86. The molecule has 0 N–H and O–H groups in total. The summed E-state index contributed by atoms with van der Waals surface area (Å²) in [5.74, 6) is -0.365. The second-order valence-corrected chi connectivity index (χ2v) is 3.47. The van der Waals surface area contributed by atoms with Gasteiger partial charge in [-0.15, -0.1) is 0 Å². The van der Waals surface area contributed by atoms with Crippen LogP contribution in [0.3, 0.4) is 0 Å². The number of carbonyl (C=O) groups is 1. The predicted molar refractivity (Wildman–Crippen MR) is 58.2 cm³/mol. The van der Waals surface area contributed by atoms with Crippen LogP contribution in [0.4, 0.5) is 5.69 Å². The summed E-state index contributed by atoms with van der Waals surface area (Å²) in [5.41, 5.74) is 1.55. The molecule has 0 heterocycles. The second-order valence-electron chi connectivity index (χ2n) is 3.47. The van der Waals surface area contributed by atoms with Gasteiger partial charge in [-0.25, -0.2) is 0 Å². The van der Waals surface area contributed by atoms with Gasteiger partial charge in [0, 0.05) is 18.1 Å². The van der Waals surface area contributed by atoms with E-state index < -0.39 is 4.92 Å². The number of hydrogen-bond acceptors (Lipinski definition) is 4. The van der Waals surface area contributed by atoms with Crippen LogP contribution in [-0.2, 0) is 16.0 Å². The van der Waals surface area contributed by atoms with Gasteiger partial charge in [-0.1, -0.05) is 11.6 Å². The molecule has 0 saturated carbocycles. The number of nitro benzene ring substituents is 1. The van der Waals surface area contributed by atoms with Crippen molar-refractivity contribution >= 4 is 11.7 Å². The van der Waals surface area contributed by atoms with Crippen molar-refractivity contribution in [1.82, 2.24) is 0 Å². The highest BCUT2D eigenvalue weighted by Crippen LogP contribution is 2.21. The highest BCUT2D eigenvalue weighted by atomic mass is 16.6. The fourth-order valence-corrected chi connectivity index (χ4v) is 1.43. The Hall–Kier alpha value is -1.91. The maximum Gasteiger partial charge on any atom is 0.305 e. The maximum atomic E-state index is 11.0. The van der Waals surface area contributed by atoms with E-state index in [1.165, 1.54) is 13.2 Å². The third-order valence-electron chi connectivity index (χ3n) is 2.26. The molecule has 0 unspecified atom stereocenters. The standard InChI is InChI=1S/C11H13NO4/c1-8-3-5-10(12(14)15)9(7-8)4-6-11(13)16-2/h3,5,7H,4,6H2,1-2H3. The molecule has 0 radical (unpaired) electrons. The largest absolute Gasteiger partial charge is 0.469 e. The summed E-state index contributed by atoms with van der Waals surface area (Å²) < 4.78 is 4.49. The van der Waals surface area contributed by atoms with Gasteiger partial charge in [0.05, 0.1) is 12.0 Å². The minimum absolute atomic E-state index is 0.0505. The van der Waals surface area contributed by atoms with Gasteiger partial charge < -0.3 is 4.74 Å². The lowest BCUT2D eigenvalue weighted by atomic mass is 10.0. The Morgan fingerprint density at radius 1 is 1.50 bits per heavy atom. The number of methoxy groups -OCH3 is 1. The number of nitrogens with zero attached hydrogens (tertiary/aromatic N) is 1. The van der Waals surface area contributed by atoms with E-state index in [1.54, 1.807) is 12.1 Å². The number of hydrogen-bond donors (Lipinski definition) is 0. The van der Waals surface area contributed by atoms with E-state index in [9.17, 15) is 14.9 Å². The average Bonchev–Trinajstić information content (AvgIpc) is 2.25. The Morgan fingerprint density at radius 2 is 2.19 bits per heavy atom. The predicted octanol–water partition coefficient (Wildman–Crippen LogP) is 2.01. The Bertz CT molecular complexity index is 414. The van der Waals surface area contributed by atoms with E-state index in [-0.39, 0.29) is 18.1 Å². The molecule has 5 heteroatoms. The molecule has 0 aliphatic heterocycles. The van der Waals surface area contributed by atoms with Gasteiger partial charge in [0.25, 0.3) is 5.69 Å². The number of esters is 1. The first kappa shape index (κ1) is 12.2. The lowest BCUT2D eigenvalue weighted by molar-refractivity contribution is -0.385. The topological polar surface area (TPSA) is 69.4 Å². The van der Waals surface area contributed by atoms with Crippen molar-refractivity contribution in [2.45, 2.75) is 19.8 Å². The van der Waals surface area contributed by atoms with E-state index in [2.05, 4.69) is 4.74 Å². The van der Waals surface area contributed by atoms with Gasteiger partial charge in [-0.3, -0.25) is 14.9 Å². The number of benzene rings is 1. The molecule has 1 aromatic carbocycles. The third-order valence-corrected chi connectivity index (χ3v) is 2.26. The summed E-state index contributed by atoms with van der Waals surface area (Å²) in [6.07, 6.45) is 0.478. The van der Waals surface area contributed by atoms with E-state index in [1.807, 2.05) is 6.92 Å². The van der Waals surface area contributed by atoms with Crippen LogP contribution in [0.2, 0.25) is 0 Å². The number of ether oxygens (including phenoxy) is 1. The molecule has 0 aliphatic carbocycles. The van der Waals surface area contributed by atoms with Crippen molar-refractivity contribution in [3.05, 3.63) is 39.4 Å². The fraction of sp³-hybridized carbons (Fsp3) is 0.364. The Labute approximate surface area is 93.2 Å². The lowest BCUT2D eigenvalue weighted by Gasteiger charge is -2.03. The van der Waals surface area contributed by atoms with Crippen LogP contribution in [0, 0.1) is 17.0 Å². The van der Waals surface area contributed by atoms with Crippen LogP contribution in [0.1, 0.15) is 17.5 Å². The lowest BCUT2D eigenvalue weighted by Crippen LogP contribution is -2.04. The molecule has 5 nitrogen and oxygen atoms in total. The molecule has 16 heavy (non-hydrogen) atoms. The smallest absolute Gasteiger partial charge is 0.305 e. The highest BCUT2D eigenvalue weighted by Gasteiger charge is 2.14. The summed E-state index contributed by atoms with van der Waals surface area (Å²) in [7, 11) is 1.30. The summed E-state index contributed by atoms with van der Waals surface area (Å²) in [6.45, 7) is 1.85. The van der Waals surface area contributed by atoms with Crippen molar-refractivity contribution in [3.8, 4) is 0 Å². The SMILES string of the molecule is COC(=O)CCc1cc(C)ccc1[N+](=O)[O-]. The van der Waals surface area contributed by atoms with Crippen molar-refractivity contribution < 1.29 is 14.5 Å². The van der Waals surface area contributed by atoms with Gasteiger partial charge in [0.1, 0.15) is 0 Å². The number of carbonyl (C=O) groups excluding carboxylic acids is 1. The number of aryl methyl sites for hydroxylation is 2. The van der Waals surface area contributed by atoms with Crippen molar-refractivity contribution in [3.63, 3.8) is 0 Å². The van der Waals surface area contributed by atoms with E-state index in [4.69, 9.17) is 0 Å². The normalized spacial score (nSPS) is 9.88. The monoisotopic (exact) mass is 223 g/mol. The third kappa shape index (κ3) is 3.05. The summed E-state index contributed by atoms with van der Waals surface area (Å²) in [4.78, 5) is 21.3. The molecular weight excluding hydrogens is 210 g/mol. The number of nitro groups is 1. The Kier molecular flexibility index (Phi) is 3.99. The molecule has 1 rings (SSSR count). The Morgan fingerprint density at radius 3 is 2.75 bits per heavy atom. The van der Waals surface area contributed by atoms with Crippen LogP contribution in [0.5, 0.6) is 0 Å². The average molecular weight is 223 g/mol. The first-order valence-corrected chi connectivity index (χ1v) is 4.85. The molecule has 0 saturated heterocycles. The van der Waals surface area contributed by atoms with Crippen LogP contribution in [0.15, 0.2) is 18.2 Å². The summed E-state index contributed by atoms with van der Waals surface area (Å²) in [5, 5.41) is 10.7. The first-order valence-electron chi connectivity index (χ1n) is 4.85. The quantitative estimate of drug-likeness (QED) is 0.444. The van der Waals surface area contributed by atoms with Crippen LogP contribution in [-0.4, -0.2) is 18.0 Å². The summed E-state index contributed by atoms with van der Waals surface area (Å²) >= 11 is 0. The van der Waals surface area contributed by atoms with E-state index in [0.717, 1.165) is 5.56 Å². The molecule has 0 bridgehead atoms. The highest BCUT2D eigenvalue weighted by molar-refractivity contribution is 5.69. The van der Waals surface area contributed by atoms with Gasteiger partial charge in [0.2, 0.25) is 0 Å². The van der Waals surface area contributed by atoms with Crippen LogP contribution in [0.25, 0.3) is 0 Å². The van der Waals surface area contributed by atoms with Gasteiger partial charge in [-0.2, -0.15) is 0 Å².